The van der Waals surface area contributed by atoms with Crippen LogP contribution in [-0.4, -0.2) is 5.11 Å². The Morgan fingerprint density at radius 2 is 2.00 bits per heavy atom. The quantitative estimate of drug-likeness (QED) is 0.894. The zero-order valence-corrected chi connectivity index (χ0v) is 12.2. The molecule has 19 heavy (non-hydrogen) atoms. The number of hydrogen-bond donors (Lipinski definition) is 1. The van der Waals surface area contributed by atoms with Gasteiger partial charge in [-0.3, -0.25) is 0 Å². The lowest BCUT2D eigenvalue weighted by Crippen LogP contribution is -1.97. The van der Waals surface area contributed by atoms with Gasteiger partial charge >= 0.3 is 0 Å². The topological polar surface area (TPSA) is 29.5 Å². The molecular formula is C14H11BrClFO2. The van der Waals surface area contributed by atoms with E-state index in [1.54, 1.807) is 24.3 Å². The third kappa shape index (κ3) is 3.69. The minimum atomic E-state index is -0.463. The second kappa shape index (κ2) is 6.37. The van der Waals surface area contributed by atoms with Gasteiger partial charge < -0.3 is 9.84 Å². The van der Waals surface area contributed by atoms with Crippen molar-refractivity contribution < 1.29 is 14.2 Å². The van der Waals surface area contributed by atoms with Gasteiger partial charge in [0.1, 0.15) is 18.2 Å². The average Bonchev–Trinajstić information content (AvgIpc) is 2.41. The molecule has 0 aliphatic heterocycles. The molecule has 2 aromatic carbocycles. The zero-order valence-electron chi connectivity index (χ0n) is 9.87. The number of hydrogen-bond acceptors (Lipinski definition) is 2. The number of ether oxygens (including phenoxy) is 1. The number of halogens is 3. The maximum Gasteiger partial charge on any atom is 0.142 e. The Hall–Kier alpha value is -1.10. The molecule has 0 aromatic heterocycles. The van der Waals surface area contributed by atoms with Gasteiger partial charge in [0.25, 0.3) is 0 Å². The molecule has 0 unspecified atom stereocenters. The van der Waals surface area contributed by atoms with Crippen molar-refractivity contribution in [2.24, 2.45) is 0 Å². The summed E-state index contributed by atoms with van der Waals surface area (Å²) in [4.78, 5) is 0. The number of aliphatic hydroxyl groups is 1. The molecule has 0 spiro atoms. The van der Waals surface area contributed by atoms with Gasteiger partial charge in [0.05, 0.1) is 11.6 Å². The van der Waals surface area contributed by atoms with Gasteiger partial charge in [0, 0.05) is 4.47 Å². The summed E-state index contributed by atoms with van der Waals surface area (Å²) in [5.41, 5.74) is 1.43. The van der Waals surface area contributed by atoms with E-state index >= 15 is 0 Å². The number of benzene rings is 2. The molecule has 0 saturated heterocycles. The summed E-state index contributed by atoms with van der Waals surface area (Å²) in [5.74, 6) is 0.150. The standard InChI is InChI=1S/C14H11BrClFO2/c15-12-3-2-11(6-10(12)7-18)19-8-9-1-4-13(16)14(17)5-9/h1-6,18H,7-8H2. The maximum atomic E-state index is 13.2. The van der Waals surface area contributed by atoms with Gasteiger partial charge in [-0.05, 0) is 41.5 Å². The highest BCUT2D eigenvalue weighted by Crippen LogP contribution is 2.23. The summed E-state index contributed by atoms with van der Waals surface area (Å²) < 4.78 is 19.6. The van der Waals surface area contributed by atoms with Crippen molar-refractivity contribution >= 4 is 27.5 Å². The molecule has 0 aliphatic carbocycles. The molecule has 1 N–H and O–H groups in total. The van der Waals surface area contributed by atoms with Crippen LogP contribution in [0.3, 0.4) is 0 Å². The highest BCUT2D eigenvalue weighted by Gasteiger charge is 2.04. The fourth-order valence-electron chi connectivity index (χ4n) is 1.56. The third-order valence-electron chi connectivity index (χ3n) is 2.58. The van der Waals surface area contributed by atoms with E-state index in [1.165, 1.54) is 12.1 Å². The Morgan fingerprint density at radius 1 is 1.21 bits per heavy atom. The predicted octanol–water partition coefficient (Wildman–Crippen LogP) is 4.31. The molecule has 0 amide bonds. The largest absolute Gasteiger partial charge is 0.489 e. The van der Waals surface area contributed by atoms with E-state index in [1.807, 2.05) is 0 Å². The minimum Gasteiger partial charge on any atom is -0.489 e. The third-order valence-corrected chi connectivity index (χ3v) is 3.66. The van der Waals surface area contributed by atoms with Crippen molar-refractivity contribution in [3.05, 3.63) is 62.8 Å². The predicted molar refractivity (Wildman–Crippen MR) is 75.8 cm³/mol. The Morgan fingerprint density at radius 3 is 2.68 bits per heavy atom. The molecule has 5 heteroatoms. The van der Waals surface area contributed by atoms with E-state index in [2.05, 4.69) is 15.9 Å². The molecule has 100 valence electrons. The van der Waals surface area contributed by atoms with Crippen LogP contribution in [0.2, 0.25) is 5.02 Å². The fourth-order valence-corrected chi connectivity index (χ4v) is 2.05. The second-order valence-electron chi connectivity index (χ2n) is 3.95. The summed E-state index contributed by atoms with van der Waals surface area (Å²) in [6.07, 6.45) is 0. The molecular weight excluding hydrogens is 335 g/mol. The van der Waals surface area contributed by atoms with Crippen LogP contribution >= 0.6 is 27.5 Å². The van der Waals surface area contributed by atoms with Crippen LogP contribution in [0.5, 0.6) is 5.75 Å². The molecule has 2 aromatic rings. The van der Waals surface area contributed by atoms with E-state index in [-0.39, 0.29) is 18.2 Å². The van der Waals surface area contributed by atoms with E-state index in [4.69, 9.17) is 21.4 Å². The van der Waals surface area contributed by atoms with Crippen LogP contribution in [0.1, 0.15) is 11.1 Å². The van der Waals surface area contributed by atoms with Crippen molar-refractivity contribution in [1.82, 2.24) is 0 Å². The van der Waals surface area contributed by atoms with Crippen LogP contribution in [-0.2, 0) is 13.2 Å². The summed E-state index contributed by atoms with van der Waals surface area (Å²) >= 11 is 8.93. The molecule has 2 nitrogen and oxygen atoms in total. The monoisotopic (exact) mass is 344 g/mol. The van der Waals surface area contributed by atoms with Crippen LogP contribution in [0.25, 0.3) is 0 Å². The first-order valence-electron chi connectivity index (χ1n) is 5.56. The van der Waals surface area contributed by atoms with Gasteiger partial charge in [0.2, 0.25) is 0 Å². The normalized spacial score (nSPS) is 10.5. The molecule has 0 saturated carbocycles. The smallest absolute Gasteiger partial charge is 0.142 e. The second-order valence-corrected chi connectivity index (χ2v) is 5.21. The molecule has 0 fully saturated rings. The zero-order chi connectivity index (χ0) is 13.8. The lowest BCUT2D eigenvalue weighted by molar-refractivity contribution is 0.277. The highest BCUT2D eigenvalue weighted by atomic mass is 79.9. The molecule has 0 bridgehead atoms. The van der Waals surface area contributed by atoms with Crippen LogP contribution < -0.4 is 4.74 Å². The summed E-state index contributed by atoms with van der Waals surface area (Å²) in [7, 11) is 0. The van der Waals surface area contributed by atoms with Crippen molar-refractivity contribution in [3.8, 4) is 5.75 Å². The lowest BCUT2D eigenvalue weighted by Gasteiger charge is -2.09. The van der Waals surface area contributed by atoms with E-state index in [0.29, 0.717) is 11.3 Å². The van der Waals surface area contributed by atoms with E-state index < -0.39 is 5.82 Å². The molecule has 0 radical (unpaired) electrons. The SMILES string of the molecule is OCc1cc(OCc2ccc(Cl)c(F)c2)ccc1Br. The van der Waals surface area contributed by atoms with E-state index in [9.17, 15) is 4.39 Å². The lowest BCUT2D eigenvalue weighted by atomic mass is 10.2. The average molecular weight is 346 g/mol. The van der Waals surface area contributed by atoms with Crippen molar-refractivity contribution in [2.75, 3.05) is 0 Å². The van der Waals surface area contributed by atoms with Gasteiger partial charge in [-0.25, -0.2) is 4.39 Å². The highest BCUT2D eigenvalue weighted by molar-refractivity contribution is 9.10. The van der Waals surface area contributed by atoms with Crippen LogP contribution in [0.4, 0.5) is 4.39 Å². The fraction of sp³-hybridized carbons (Fsp3) is 0.143. The van der Waals surface area contributed by atoms with Crippen LogP contribution in [0, 0.1) is 5.82 Å². The Kier molecular flexibility index (Phi) is 4.80. The van der Waals surface area contributed by atoms with Gasteiger partial charge in [-0.2, -0.15) is 0 Å². The summed E-state index contributed by atoms with van der Waals surface area (Å²) in [6.45, 7) is 0.161. The number of aliphatic hydroxyl groups excluding tert-OH is 1. The van der Waals surface area contributed by atoms with Gasteiger partial charge in [-0.15, -0.1) is 0 Å². The van der Waals surface area contributed by atoms with Crippen molar-refractivity contribution in [2.45, 2.75) is 13.2 Å². The Labute approximate surface area is 123 Å². The minimum absolute atomic E-state index is 0.0760. The Bertz CT molecular complexity index is 590. The first-order chi connectivity index (χ1) is 9.10. The van der Waals surface area contributed by atoms with E-state index in [0.717, 1.165) is 10.0 Å². The molecule has 2 rings (SSSR count). The molecule has 0 heterocycles. The molecule has 0 atom stereocenters. The van der Waals surface area contributed by atoms with Gasteiger partial charge in [0.15, 0.2) is 0 Å². The van der Waals surface area contributed by atoms with Crippen LogP contribution in [0.15, 0.2) is 40.9 Å². The maximum absolute atomic E-state index is 13.2. The number of rotatable bonds is 4. The van der Waals surface area contributed by atoms with Crippen molar-refractivity contribution in [1.29, 1.82) is 0 Å². The summed E-state index contributed by atoms with van der Waals surface area (Å²) in [6, 6.07) is 9.84. The van der Waals surface area contributed by atoms with Gasteiger partial charge in [-0.1, -0.05) is 33.6 Å². The Balaban J connectivity index is 2.07. The summed E-state index contributed by atoms with van der Waals surface area (Å²) in [5, 5.41) is 9.24. The molecule has 0 aliphatic rings. The first kappa shape index (κ1) is 14.3. The van der Waals surface area contributed by atoms with Crippen molar-refractivity contribution in [3.63, 3.8) is 0 Å². The first-order valence-corrected chi connectivity index (χ1v) is 6.73.